The molecule has 104 valence electrons. The minimum atomic E-state index is -3.38. The third-order valence-corrected chi connectivity index (χ3v) is 4.61. The van der Waals surface area contributed by atoms with Gasteiger partial charge in [0, 0.05) is 11.5 Å². The molecule has 1 atom stereocenters. The summed E-state index contributed by atoms with van der Waals surface area (Å²) in [7, 11) is -3.38. The zero-order valence-corrected chi connectivity index (χ0v) is 13.0. The van der Waals surface area contributed by atoms with Crippen molar-refractivity contribution in [2.24, 2.45) is 0 Å². The van der Waals surface area contributed by atoms with Crippen molar-refractivity contribution in [3.05, 3.63) is 34.7 Å². The Kier molecular flexibility index (Phi) is 4.25. The fourth-order valence-corrected chi connectivity index (χ4v) is 3.66. The molecular weight excluding hydrogens is 329 g/mol. The van der Waals surface area contributed by atoms with Crippen LogP contribution >= 0.6 is 35.0 Å². The van der Waals surface area contributed by atoms with Crippen molar-refractivity contribution in [1.29, 1.82) is 0 Å². The molecule has 1 aliphatic heterocycles. The normalized spacial score (nSPS) is 23.0. The SMILES string of the molecule is CS(=O)(=O)Nc1ccccc1OC1(Cl)CC(Cl)=CS1. The Morgan fingerprint density at radius 2 is 2.11 bits per heavy atom. The van der Waals surface area contributed by atoms with Crippen molar-refractivity contribution < 1.29 is 13.2 Å². The first-order valence-electron chi connectivity index (χ1n) is 5.24. The van der Waals surface area contributed by atoms with Gasteiger partial charge >= 0.3 is 0 Å². The van der Waals surface area contributed by atoms with Crippen LogP contribution in [-0.2, 0) is 10.0 Å². The number of ether oxygens (including phenoxy) is 1. The maximum Gasteiger partial charge on any atom is 0.238 e. The Morgan fingerprint density at radius 3 is 2.68 bits per heavy atom. The summed E-state index contributed by atoms with van der Waals surface area (Å²) in [6.45, 7) is 0. The standard InChI is InChI=1S/C11H11Cl2NO3S2/c1-19(15,16)14-9-4-2-3-5-10(9)17-11(13)6-8(12)7-18-11/h2-5,7,14H,6H2,1H3. The topological polar surface area (TPSA) is 55.4 Å². The molecule has 0 aromatic heterocycles. The highest BCUT2D eigenvalue weighted by Gasteiger charge is 2.36. The summed E-state index contributed by atoms with van der Waals surface area (Å²) in [6, 6.07) is 6.68. The highest BCUT2D eigenvalue weighted by atomic mass is 35.5. The fraction of sp³-hybridized carbons (Fsp3) is 0.273. The molecular formula is C11H11Cl2NO3S2. The second kappa shape index (κ2) is 5.44. The number of alkyl halides is 1. The quantitative estimate of drug-likeness (QED) is 0.852. The summed E-state index contributed by atoms with van der Waals surface area (Å²) in [5, 5.41) is 2.31. The fourth-order valence-electron chi connectivity index (χ4n) is 1.50. The van der Waals surface area contributed by atoms with Crippen LogP contribution in [0.15, 0.2) is 34.7 Å². The molecule has 1 aromatic rings. The van der Waals surface area contributed by atoms with Crippen LogP contribution in [0.1, 0.15) is 6.42 Å². The molecule has 0 saturated heterocycles. The summed E-state index contributed by atoms with van der Waals surface area (Å²) in [5.74, 6) is 0.357. The molecule has 0 amide bonds. The van der Waals surface area contributed by atoms with E-state index < -0.39 is 14.4 Å². The van der Waals surface area contributed by atoms with Crippen molar-refractivity contribution in [2.75, 3.05) is 11.0 Å². The van der Waals surface area contributed by atoms with E-state index in [9.17, 15) is 8.42 Å². The first kappa shape index (κ1) is 14.8. The third kappa shape index (κ3) is 4.21. The molecule has 19 heavy (non-hydrogen) atoms. The van der Waals surface area contributed by atoms with Crippen molar-refractivity contribution in [3.63, 3.8) is 0 Å². The first-order chi connectivity index (χ1) is 8.77. The highest BCUT2D eigenvalue weighted by Crippen LogP contribution is 2.47. The molecule has 0 fully saturated rings. The molecule has 0 spiro atoms. The van der Waals surface area contributed by atoms with E-state index in [1.54, 1.807) is 29.7 Å². The zero-order valence-electron chi connectivity index (χ0n) is 9.89. The van der Waals surface area contributed by atoms with Crippen molar-refractivity contribution in [2.45, 2.75) is 10.8 Å². The summed E-state index contributed by atoms with van der Waals surface area (Å²) in [5.41, 5.74) is 0.341. The van der Waals surface area contributed by atoms with E-state index >= 15 is 0 Å². The Bertz CT molecular complexity index is 618. The van der Waals surface area contributed by atoms with Gasteiger partial charge in [-0.2, -0.15) is 0 Å². The molecule has 0 saturated carbocycles. The number of sulfonamides is 1. The molecule has 4 nitrogen and oxygen atoms in total. The number of nitrogens with one attached hydrogen (secondary N) is 1. The lowest BCUT2D eigenvalue weighted by atomic mass is 10.3. The predicted octanol–water partition coefficient (Wildman–Crippen LogP) is 3.55. The Labute approximate surface area is 126 Å². The summed E-state index contributed by atoms with van der Waals surface area (Å²) in [6.07, 6.45) is 1.43. The molecule has 1 aromatic carbocycles. The molecule has 8 heteroatoms. The molecule has 0 bridgehead atoms. The van der Waals surface area contributed by atoms with Crippen LogP contribution in [0.5, 0.6) is 5.75 Å². The minimum Gasteiger partial charge on any atom is -0.460 e. The monoisotopic (exact) mass is 339 g/mol. The lowest BCUT2D eigenvalue weighted by Gasteiger charge is -2.23. The Morgan fingerprint density at radius 1 is 1.42 bits per heavy atom. The predicted molar refractivity (Wildman–Crippen MR) is 80.3 cm³/mol. The van der Waals surface area contributed by atoms with Gasteiger partial charge in [-0.1, -0.05) is 47.1 Å². The number of para-hydroxylation sites is 2. The number of benzene rings is 1. The van der Waals surface area contributed by atoms with E-state index in [0.717, 1.165) is 6.26 Å². The van der Waals surface area contributed by atoms with Crippen LogP contribution in [-0.4, -0.2) is 19.1 Å². The highest BCUT2D eigenvalue weighted by molar-refractivity contribution is 8.04. The van der Waals surface area contributed by atoms with E-state index in [0.29, 0.717) is 22.9 Å². The van der Waals surface area contributed by atoms with Gasteiger partial charge in [0.05, 0.1) is 11.9 Å². The Hall–Kier alpha value is -0.560. The summed E-state index contributed by atoms with van der Waals surface area (Å²) < 4.78 is 29.6. The van der Waals surface area contributed by atoms with Crippen LogP contribution in [0, 0.1) is 0 Å². The average Bonchev–Trinajstić information content (AvgIpc) is 2.59. The van der Waals surface area contributed by atoms with Gasteiger partial charge in [0.2, 0.25) is 14.4 Å². The van der Waals surface area contributed by atoms with Gasteiger partial charge in [-0.05, 0) is 17.5 Å². The maximum atomic E-state index is 11.3. The number of thioether (sulfide) groups is 1. The smallest absolute Gasteiger partial charge is 0.238 e. The third-order valence-electron chi connectivity index (χ3n) is 2.19. The first-order valence-corrected chi connectivity index (χ1v) is 8.77. The van der Waals surface area contributed by atoms with Crippen molar-refractivity contribution >= 4 is 50.7 Å². The number of hydrogen-bond acceptors (Lipinski definition) is 4. The number of halogens is 2. The molecule has 1 unspecified atom stereocenters. The van der Waals surface area contributed by atoms with Gasteiger partial charge in [-0.15, -0.1) is 0 Å². The molecule has 2 rings (SSSR count). The van der Waals surface area contributed by atoms with Crippen LogP contribution in [0.25, 0.3) is 0 Å². The van der Waals surface area contributed by atoms with Crippen molar-refractivity contribution in [1.82, 2.24) is 0 Å². The summed E-state index contributed by atoms with van der Waals surface area (Å²) in [4.78, 5) is 0. The zero-order chi connectivity index (χ0) is 14.1. The van der Waals surface area contributed by atoms with Gasteiger partial charge in [0.1, 0.15) is 5.75 Å². The van der Waals surface area contributed by atoms with Crippen LogP contribution < -0.4 is 9.46 Å². The van der Waals surface area contributed by atoms with Crippen molar-refractivity contribution in [3.8, 4) is 5.75 Å². The van der Waals surface area contributed by atoms with Crippen LogP contribution in [0.3, 0.4) is 0 Å². The van der Waals surface area contributed by atoms with Gasteiger partial charge in [-0.25, -0.2) is 8.42 Å². The van der Waals surface area contributed by atoms with Gasteiger partial charge in [0.25, 0.3) is 0 Å². The van der Waals surface area contributed by atoms with E-state index in [1.165, 1.54) is 11.8 Å². The number of hydrogen-bond donors (Lipinski definition) is 1. The largest absolute Gasteiger partial charge is 0.460 e. The molecule has 0 radical (unpaired) electrons. The molecule has 0 aliphatic carbocycles. The molecule has 1 heterocycles. The van der Waals surface area contributed by atoms with Gasteiger partial charge < -0.3 is 4.74 Å². The number of rotatable bonds is 4. The maximum absolute atomic E-state index is 11.3. The van der Waals surface area contributed by atoms with Gasteiger partial charge in [0.15, 0.2) is 0 Å². The van der Waals surface area contributed by atoms with Crippen LogP contribution in [0.4, 0.5) is 5.69 Å². The average molecular weight is 340 g/mol. The van der Waals surface area contributed by atoms with E-state index in [1.807, 2.05) is 0 Å². The molecule has 1 N–H and O–H groups in total. The lowest BCUT2D eigenvalue weighted by molar-refractivity contribution is 0.256. The minimum absolute atomic E-state index is 0.341. The van der Waals surface area contributed by atoms with E-state index in [4.69, 9.17) is 27.9 Å². The lowest BCUT2D eigenvalue weighted by Crippen LogP contribution is -2.23. The van der Waals surface area contributed by atoms with E-state index in [-0.39, 0.29) is 0 Å². The number of anilines is 1. The second-order valence-corrected chi connectivity index (χ2v) is 8.19. The molecule has 1 aliphatic rings. The summed E-state index contributed by atoms with van der Waals surface area (Å²) >= 11 is 13.4. The van der Waals surface area contributed by atoms with Gasteiger partial charge in [-0.3, -0.25) is 4.72 Å². The van der Waals surface area contributed by atoms with E-state index in [2.05, 4.69) is 4.72 Å². The van der Waals surface area contributed by atoms with Crippen LogP contribution in [0.2, 0.25) is 0 Å². The second-order valence-electron chi connectivity index (χ2n) is 3.99. The Balaban J connectivity index is 2.21.